The predicted molar refractivity (Wildman–Crippen MR) is 102 cm³/mol. The molecule has 0 radical (unpaired) electrons. The van der Waals surface area contributed by atoms with Crippen molar-refractivity contribution in [2.75, 3.05) is 19.5 Å². The molecule has 0 fully saturated rings. The Labute approximate surface area is 152 Å². The van der Waals surface area contributed by atoms with Crippen LogP contribution in [0.3, 0.4) is 0 Å². The second-order valence-electron chi connectivity index (χ2n) is 5.48. The molecule has 3 rings (SSSR count). The molecule has 1 heterocycles. The van der Waals surface area contributed by atoms with Crippen LogP contribution in [0.2, 0.25) is 0 Å². The van der Waals surface area contributed by atoms with Gasteiger partial charge in [0.1, 0.15) is 0 Å². The van der Waals surface area contributed by atoms with Gasteiger partial charge in [0.25, 0.3) is 0 Å². The molecule has 0 bridgehead atoms. The Kier molecular flexibility index (Phi) is 5.38. The molecule has 0 saturated heterocycles. The van der Waals surface area contributed by atoms with Crippen LogP contribution in [0.1, 0.15) is 5.56 Å². The summed E-state index contributed by atoms with van der Waals surface area (Å²) in [4.78, 5) is 4.43. The summed E-state index contributed by atoms with van der Waals surface area (Å²) in [6, 6.07) is 15.3. The highest BCUT2D eigenvalue weighted by Crippen LogP contribution is 2.29. The average molecular weight is 351 g/mol. The van der Waals surface area contributed by atoms with Crippen LogP contribution in [-0.2, 0) is 6.54 Å². The molecule has 0 atom stereocenters. The fraction of sp³-hybridized carbons (Fsp3) is 0.158. The minimum Gasteiger partial charge on any atom is -0.493 e. The number of methoxy groups -OCH3 is 2. The van der Waals surface area contributed by atoms with Gasteiger partial charge in [-0.05, 0) is 29.8 Å². The molecule has 134 valence electrons. The summed E-state index contributed by atoms with van der Waals surface area (Å²) in [7, 11) is 3.18. The zero-order valence-corrected chi connectivity index (χ0v) is 14.7. The van der Waals surface area contributed by atoms with Crippen LogP contribution in [0.4, 0.5) is 5.69 Å². The van der Waals surface area contributed by atoms with E-state index < -0.39 is 0 Å². The maximum atomic E-state index is 6.03. The van der Waals surface area contributed by atoms with Gasteiger partial charge in [0.05, 0.1) is 26.5 Å². The summed E-state index contributed by atoms with van der Waals surface area (Å²) < 4.78 is 12.3. The Morgan fingerprint density at radius 3 is 2.65 bits per heavy atom. The van der Waals surface area contributed by atoms with Gasteiger partial charge in [0.15, 0.2) is 17.5 Å². The Morgan fingerprint density at radius 2 is 1.92 bits per heavy atom. The van der Waals surface area contributed by atoms with Crippen molar-refractivity contribution in [2.45, 2.75) is 6.54 Å². The number of aliphatic imine (C=N–C) groups is 1. The normalized spacial score (nSPS) is 11.2. The first-order valence-electron chi connectivity index (χ1n) is 8.08. The van der Waals surface area contributed by atoms with Crippen LogP contribution in [-0.4, -0.2) is 30.0 Å². The topological polar surface area (TPSA) is 86.7 Å². The van der Waals surface area contributed by atoms with E-state index in [4.69, 9.17) is 15.2 Å². The number of hydrogen-bond acceptors (Lipinski definition) is 4. The first-order valence-corrected chi connectivity index (χ1v) is 8.08. The van der Waals surface area contributed by atoms with E-state index in [1.54, 1.807) is 26.5 Å². The van der Waals surface area contributed by atoms with E-state index in [9.17, 15) is 0 Å². The maximum absolute atomic E-state index is 6.03. The zero-order chi connectivity index (χ0) is 18.4. The quantitative estimate of drug-likeness (QED) is 0.527. The summed E-state index contributed by atoms with van der Waals surface area (Å²) in [6.07, 6.45) is 3.64. The monoisotopic (exact) mass is 351 g/mol. The molecule has 0 aliphatic carbocycles. The van der Waals surface area contributed by atoms with Crippen molar-refractivity contribution in [1.29, 1.82) is 0 Å². The minimum atomic E-state index is 0.312. The Bertz CT molecular complexity index is 891. The summed E-state index contributed by atoms with van der Waals surface area (Å²) in [5.74, 6) is 1.59. The molecule has 2 aromatic carbocycles. The van der Waals surface area contributed by atoms with Crippen molar-refractivity contribution in [3.8, 4) is 17.2 Å². The molecule has 0 unspecified atom stereocenters. The lowest BCUT2D eigenvalue weighted by Crippen LogP contribution is -2.22. The van der Waals surface area contributed by atoms with Crippen molar-refractivity contribution in [2.24, 2.45) is 10.7 Å². The maximum Gasteiger partial charge on any atom is 0.193 e. The van der Waals surface area contributed by atoms with Gasteiger partial charge in [0.2, 0.25) is 0 Å². The molecule has 7 heteroatoms. The number of hydrogen-bond donors (Lipinski definition) is 2. The summed E-state index contributed by atoms with van der Waals surface area (Å²) in [5.41, 5.74) is 8.79. The van der Waals surface area contributed by atoms with Crippen LogP contribution in [0.15, 0.2) is 65.9 Å². The van der Waals surface area contributed by atoms with Crippen molar-refractivity contribution in [3.63, 3.8) is 0 Å². The number of para-hydroxylation sites is 1. The SMILES string of the molecule is COc1ccc(NC(N)=NCc2ccccc2-n2cccn2)cc1OC. The third-order valence-corrected chi connectivity index (χ3v) is 3.82. The standard InChI is InChI=1S/C19H21N5O2/c1-25-17-9-8-15(12-18(17)26-2)23-19(20)21-13-14-6-3-4-7-16(14)24-11-5-10-22-24/h3-12H,13H2,1-2H3,(H3,20,21,23). The zero-order valence-electron chi connectivity index (χ0n) is 14.7. The number of rotatable bonds is 6. The van der Waals surface area contributed by atoms with Gasteiger partial charge in [0, 0.05) is 24.1 Å². The van der Waals surface area contributed by atoms with Crippen LogP contribution >= 0.6 is 0 Å². The lowest BCUT2D eigenvalue weighted by molar-refractivity contribution is 0.355. The van der Waals surface area contributed by atoms with Crippen molar-refractivity contribution in [1.82, 2.24) is 9.78 Å². The third-order valence-electron chi connectivity index (χ3n) is 3.82. The number of benzene rings is 2. The van der Waals surface area contributed by atoms with E-state index >= 15 is 0 Å². The number of aromatic nitrogens is 2. The lowest BCUT2D eigenvalue weighted by Gasteiger charge is -2.11. The van der Waals surface area contributed by atoms with Gasteiger partial charge >= 0.3 is 0 Å². The third kappa shape index (κ3) is 3.94. The highest BCUT2D eigenvalue weighted by atomic mass is 16.5. The highest BCUT2D eigenvalue weighted by molar-refractivity contribution is 5.92. The smallest absolute Gasteiger partial charge is 0.193 e. The molecular weight excluding hydrogens is 330 g/mol. The van der Waals surface area contributed by atoms with Crippen LogP contribution in [0.5, 0.6) is 11.5 Å². The molecule has 3 N–H and O–H groups in total. The summed E-state index contributed by atoms with van der Waals surface area (Å²) >= 11 is 0. The molecule has 7 nitrogen and oxygen atoms in total. The minimum absolute atomic E-state index is 0.312. The molecule has 0 amide bonds. The number of anilines is 1. The van der Waals surface area contributed by atoms with Crippen molar-refractivity contribution < 1.29 is 9.47 Å². The molecule has 26 heavy (non-hydrogen) atoms. The van der Waals surface area contributed by atoms with Gasteiger partial charge in [-0.25, -0.2) is 9.67 Å². The van der Waals surface area contributed by atoms with Crippen molar-refractivity contribution >= 4 is 11.6 Å². The molecule has 3 aromatic rings. The van der Waals surface area contributed by atoms with Gasteiger partial charge in [-0.2, -0.15) is 5.10 Å². The van der Waals surface area contributed by atoms with E-state index in [1.165, 1.54) is 0 Å². The lowest BCUT2D eigenvalue weighted by atomic mass is 10.2. The van der Waals surface area contributed by atoms with Gasteiger partial charge in [-0.1, -0.05) is 18.2 Å². The fourth-order valence-electron chi connectivity index (χ4n) is 2.55. The second-order valence-corrected chi connectivity index (χ2v) is 5.48. The second kappa shape index (κ2) is 8.06. The number of guanidine groups is 1. The summed E-state index contributed by atoms with van der Waals surface area (Å²) in [5, 5.41) is 7.34. The Morgan fingerprint density at radius 1 is 1.12 bits per heavy atom. The highest BCUT2D eigenvalue weighted by Gasteiger charge is 2.06. The van der Waals surface area contributed by atoms with Gasteiger partial charge < -0.3 is 20.5 Å². The first kappa shape index (κ1) is 17.3. The van der Waals surface area contributed by atoms with Gasteiger partial charge in [-0.15, -0.1) is 0 Å². The number of nitrogens with zero attached hydrogens (tertiary/aromatic N) is 3. The van der Waals surface area contributed by atoms with E-state index in [2.05, 4.69) is 15.4 Å². The fourth-order valence-corrected chi connectivity index (χ4v) is 2.55. The molecule has 0 aliphatic rings. The van der Waals surface area contributed by atoms with E-state index in [-0.39, 0.29) is 0 Å². The molecule has 0 spiro atoms. The van der Waals surface area contributed by atoms with Crippen LogP contribution in [0, 0.1) is 0 Å². The van der Waals surface area contributed by atoms with Crippen molar-refractivity contribution in [3.05, 3.63) is 66.5 Å². The summed E-state index contributed by atoms with van der Waals surface area (Å²) in [6.45, 7) is 0.433. The molecule has 0 saturated carbocycles. The van der Waals surface area contributed by atoms with E-state index in [1.807, 2.05) is 53.3 Å². The van der Waals surface area contributed by atoms with Crippen LogP contribution in [0.25, 0.3) is 5.69 Å². The number of nitrogens with one attached hydrogen (secondary N) is 1. The van der Waals surface area contributed by atoms with E-state index in [0.29, 0.717) is 24.0 Å². The largest absolute Gasteiger partial charge is 0.493 e. The molecule has 1 aromatic heterocycles. The van der Waals surface area contributed by atoms with Crippen LogP contribution < -0.4 is 20.5 Å². The average Bonchev–Trinajstić information content (AvgIpc) is 3.21. The predicted octanol–water partition coefficient (Wildman–Crippen LogP) is 2.82. The Hall–Kier alpha value is -3.48. The molecular formula is C19H21N5O2. The first-order chi connectivity index (χ1) is 12.7. The van der Waals surface area contributed by atoms with E-state index in [0.717, 1.165) is 16.9 Å². The molecule has 0 aliphatic heterocycles. The Balaban J connectivity index is 1.74. The number of ether oxygens (including phenoxy) is 2. The number of nitrogens with two attached hydrogens (primary N) is 1. The van der Waals surface area contributed by atoms with Gasteiger partial charge in [-0.3, -0.25) is 0 Å².